The predicted molar refractivity (Wildman–Crippen MR) is 78.4 cm³/mol. The van der Waals surface area contributed by atoms with Crippen molar-refractivity contribution >= 4 is 0 Å². The molecule has 1 fully saturated rings. The van der Waals surface area contributed by atoms with Crippen molar-refractivity contribution in [3.05, 3.63) is 29.8 Å². The highest BCUT2D eigenvalue weighted by molar-refractivity contribution is 5.34. The van der Waals surface area contributed by atoms with Crippen LogP contribution in [0.5, 0.6) is 5.75 Å². The Morgan fingerprint density at radius 3 is 2.47 bits per heavy atom. The minimum Gasteiger partial charge on any atom is -0.496 e. The molecule has 0 radical (unpaired) electrons. The van der Waals surface area contributed by atoms with Crippen LogP contribution in [-0.2, 0) is 6.42 Å². The van der Waals surface area contributed by atoms with Crippen molar-refractivity contribution in [2.75, 3.05) is 7.11 Å². The van der Waals surface area contributed by atoms with E-state index in [0.717, 1.165) is 48.8 Å². The number of para-hydroxylation sites is 1. The molecule has 1 aromatic rings. The maximum atomic E-state index is 10.8. The van der Waals surface area contributed by atoms with Crippen molar-refractivity contribution in [1.82, 2.24) is 0 Å². The van der Waals surface area contributed by atoms with Gasteiger partial charge in [-0.25, -0.2) is 0 Å². The molecule has 106 valence electrons. The molecule has 2 rings (SSSR count). The van der Waals surface area contributed by atoms with Crippen LogP contribution in [0.15, 0.2) is 24.3 Å². The average Bonchev–Trinajstić information content (AvgIpc) is 2.39. The van der Waals surface area contributed by atoms with E-state index in [1.54, 1.807) is 7.11 Å². The lowest BCUT2D eigenvalue weighted by atomic mass is 9.72. The highest BCUT2D eigenvalue weighted by atomic mass is 16.5. The summed E-state index contributed by atoms with van der Waals surface area (Å²) in [7, 11) is 1.69. The van der Waals surface area contributed by atoms with Crippen molar-refractivity contribution < 1.29 is 9.84 Å². The largest absolute Gasteiger partial charge is 0.496 e. The number of aliphatic hydroxyl groups is 1. The number of rotatable bonds is 4. The van der Waals surface area contributed by atoms with Crippen LogP contribution in [0, 0.1) is 11.8 Å². The van der Waals surface area contributed by atoms with Gasteiger partial charge in [-0.3, -0.25) is 0 Å². The number of hydrogen-bond acceptors (Lipinski definition) is 2. The van der Waals surface area contributed by atoms with Crippen LogP contribution >= 0.6 is 0 Å². The first-order valence-corrected chi connectivity index (χ1v) is 7.38. The molecule has 2 heteroatoms. The van der Waals surface area contributed by atoms with E-state index in [2.05, 4.69) is 19.9 Å². The number of ether oxygens (including phenoxy) is 1. The zero-order valence-corrected chi connectivity index (χ0v) is 12.4. The fourth-order valence-electron chi connectivity index (χ4n) is 3.22. The lowest BCUT2D eigenvalue weighted by Crippen LogP contribution is -2.37. The Morgan fingerprint density at radius 1 is 1.26 bits per heavy atom. The van der Waals surface area contributed by atoms with Crippen LogP contribution < -0.4 is 4.74 Å². The summed E-state index contributed by atoms with van der Waals surface area (Å²) in [5.41, 5.74) is 0.579. The van der Waals surface area contributed by atoms with Crippen LogP contribution in [0.1, 0.15) is 45.1 Å². The number of hydrogen-bond donors (Lipinski definition) is 1. The summed E-state index contributed by atoms with van der Waals surface area (Å²) < 4.78 is 5.38. The monoisotopic (exact) mass is 262 g/mol. The van der Waals surface area contributed by atoms with Gasteiger partial charge < -0.3 is 9.84 Å². The average molecular weight is 262 g/mol. The predicted octanol–water partition coefficient (Wildman–Crippen LogP) is 3.82. The minimum atomic E-state index is -0.542. The summed E-state index contributed by atoms with van der Waals surface area (Å²) in [6.07, 6.45) is 4.82. The molecule has 0 saturated heterocycles. The SMILES string of the molecule is COc1ccccc1CC1(O)CCC(C(C)C)CC1. The summed E-state index contributed by atoms with van der Waals surface area (Å²) in [4.78, 5) is 0. The van der Waals surface area contributed by atoms with E-state index < -0.39 is 5.60 Å². The lowest BCUT2D eigenvalue weighted by molar-refractivity contribution is -0.0150. The first-order chi connectivity index (χ1) is 9.04. The van der Waals surface area contributed by atoms with Gasteiger partial charge >= 0.3 is 0 Å². The zero-order chi connectivity index (χ0) is 13.9. The minimum absolute atomic E-state index is 0.542. The van der Waals surface area contributed by atoms with Crippen molar-refractivity contribution in [2.24, 2.45) is 11.8 Å². The van der Waals surface area contributed by atoms with Crippen LogP contribution in [0.4, 0.5) is 0 Å². The van der Waals surface area contributed by atoms with Crippen LogP contribution in [-0.4, -0.2) is 17.8 Å². The molecular formula is C17H26O2. The Kier molecular flexibility index (Phi) is 4.51. The van der Waals surface area contributed by atoms with Crippen LogP contribution in [0.2, 0.25) is 0 Å². The van der Waals surface area contributed by atoms with Gasteiger partial charge in [0.25, 0.3) is 0 Å². The van der Waals surface area contributed by atoms with Crippen molar-refractivity contribution in [1.29, 1.82) is 0 Å². The second-order valence-electron chi connectivity index (χ2n) is 6.29. The van der Waals surface area contributed by atoms with Gasteiger partial charge in [0.1, 0.15) is 5.75 Å². The molecule has 1 aliphatic carbocycles. The molecule has 1 aliphatic rings. The first-order valence-electron chi connectivity index (χ1n) is 7.38. The Hall–Kier alpha value is -1.02. The lowest BCUT2D eigenvalue weighted by Gasteiger charge is -2.38. The van der Waals surface area contributed by atoms with Gasteiger partial charge in [-0.1, -0.05) is 32.0 Å². The fourth-order valence-corrected chi connectivity index (χ4v) is 3.22. The molecule has 0 unspecified atom stereocenters. The van der Waals surface area contributed by atoms with Gasteiger partial charge in [0.2, 0.25) is 0 Å². The van der Waals surface area contributed by atoms with E-state index in [1.807, 2.05) is 18.2 Å². The topological polar surface area (TPSA) is 29.5 Å². The summed E-state index contributed by atoms with van der Waals surface area (Å²) in [6, 6.07) is 8.02. The second kappa shape index (κ2) is 5.96. The highest BCUT2D eigenvalue weighted by Crippen LogP contribution is 2.38. The molecule has 19 heavy (non-hydrogen) atoms. The van der Waals surface area contributed by atoms with Crippen LogP contribution in [0.25, 0.3) is 0 Å². The molecule has 1 saturated carbocycles. The molecule has 0 atom stereocenters. The van der Waals surface area contributed by atoms with E-state index in [1.165, 1.54) is 0 Å². The normalized spacial score (nSPS) is 27.5. The van der Waals surface area contributed by atoms with Crippen LogP contribution in [0.3, 0.4) is 0 Å². The quantitative estimate of drug-likeness (QED) is 0.894. The van der Waals surface area contributed by atoms with Crippen molar-refractivity contribution in [3.8, 4) is 5.75 Å². The standard InChI is InChI=1S/C17H26O2/c1-13(2)14-8-10-17(18,11-9-14)12-15-6-4-5-7-16(15)19-3/h4-7,13-14,18H,8-12H2,1-3H3. The molecule has 1 N–H and O–H groups in total. The Labute approximate surface area is 116 Å². The first kappa shape index (κ1) is 14.4. The van der Waals surface area contributed by atoms with Gasteiger partial charge in [-0.2, -0.15) is 0 Å². The molecule has 0 aromatic heterocycles. The highest BCUT2D eigenvalue weighted by Gasteiger charge is 2.34. The third-order valence-electron chi connectivity index (χ3n) is 4.62. The van der Waals surface area contributed by atoms with Gasteiger partial charge in [0, 0.05) is 6.42 Å². The Balaban J connectivity index is 2.03. The second-order valence-corrected chi connectivity index (χ2v) is 6.29. The van der Waals surface area contributed by atoms with E-state index >= 15 is 0 Å². The van der Waals surface area contributed by atoms with E-state index in [0.29, 0.717) is 6.42 Å². The Bertz CT molecular complexity index is 403. The number of benzene rings is 1. The maximum Gasteiger partial charge on any atom is 0.122 e. The molecule has 0 bridgehead atoms. The molecule has 2 nitrogen and oxygen atoms in total. The van der Waals surface area contributed by atoms with Gasteiger partial charge in [-0.15, -0.1) is 0 Å². The van der Waals surface area contributed by atoms with E-state index in [9.17, 15) is 5.11 Å². The maximum absolute atomic E-state index is 10.8. The molecule has 0 amide bonds. The molecule has 0 spiro atoms. The van der Waals surface area contributed by atoms with Crippen molar-refractivity contribution in [3.63, 3.8) is 0 Å². The summed E-state index contributed by atoms with van der Waals surface area (Å²) in [5, 5.41) is 10.8. The zero-order valence-electron chi connectivity index (χ0n) is 12.4. The van der Waals surface area contributed by atoms with Crippen molar-refractivity contribution in [2.45, 2.75) is 51.6 Å². The molecular weight excluding hydrogens is 236 g/mol. The Morgan fingerprint density at radius 2 is 1.89 bits per heavy atom. The number of methoxy groups -OCH3 is 1. The molecule has 1 aromatic carbocycles. The van der Waals surface area contributed by atoms with Gasteiger partial charge in [0.05, 0.1) is 12.7 Å². The third kappa shape index (κ3) is 3.50. The molecule has 0 heterocycles. The van der Waals surface area contributed by atoms with Gasteiger partial charge in [0.15, 0.2) is 0 Å². The smallest absolute Gasteiger partial charge is 0.122 e. The van der Waals surface area contributed by atoms with E-state index in [4.69, 9.17) is 4.74 Å². The molecule has 0 aliphatic heterocycles. The summed E-state index contributed by atoms with van der Waals surface area (Å²) in [6.45, 7) is 4.57. The van der Waals surface area contributed by atoms with E-state index in [-0.39, 0.29) is 0 Å². The fraction of sp³-hybridized carbons (Fsp3) is 0.647. The third-order valence-corrected chi connectivity index (χ3v) is 4.62. The van der Waals surface area contributed by atoms with Gasteiger partial charge in [-0.05, 0) is 49.1 Å². The summed E-state index contributed by atoms with van der Waals surface area (Å²) >= 11 is 0. The summed E-state index contributed by atoms with van der Waals surface area (Å²) in [5.74, 6) is 2.40.